The first-order valence-corrected chi connectivity index (χ1v) is 7.26. The van der Waals surface area contributed by atoms with E-state index in [1.54, 1.807) is 6.92 Å². The molecule has 0 heterocycles. The van der Waals surface area contributed by atoms with Crippen LogP contribution in [-0.2, 0) is 30.2 Å². The summed E-state index contributed by atoms with van der Waals surface area (Å²) in [7, 11) is 0. The third kappa shape index (κ3) is 6.79. The largest absolute Gasteiger partial charge is 0.429 e. The summed E-state index contributed by atoms with van der Waals surface area (Å²) in [5.74, 6) is 0.329. The van der Waals surface area contributed by atoms with Crippen molar-refractivity contribution in [2.75, 3.05) is 13.2 Å². The Balaban J connectivity index is 4.54. The summed E-state index contributed by atoms with van der Waals surface area (Å²) in [6.07, 6.45) is 1.36. The smallest absolute Gasteiger partial charge is 0.380 e. The van der Waals surface area contributed by atoms with Gasteiger partial charge in [0.1, 0.15) is 5.76 Å². The maximum Gasteiger partial charge on any atom is 0.380 e. The molecule has 0 aliphatic heterocycles. The standard InChI is InChI=1S/C9H17O4PS/c1-5-11-14(15,12-6-2)13-9(4)7-8(3)10/h7H,5-6H2,1-4H3. The van der Waals surface area contributed by atoms with E-state index in [2.05, 4.69) is 0 Å². The van der Waals surface area contributed by atoms with Crippen LogP contribution < -0.4 is 0 Å². The van der Waals surface area contributed by atoms with E-state index in [0.717, 1.165) is 0 Å². The Morgan fingerprint density at radius 2 is 1.73 bits per heavy atom. The van der Waals surface area contributed by atoms with Crippen LogP contribution in [0.2, 0.25) is 0 Å². The molecule has 4 nitrogen and oxygen atoms in total. The molecule has 0 rings (SSSR count). The van der Waals surface area contributed by atoms with Crippen molar-refractivity contribution < 1.29 is 18.4 Å². The summed E-state index contributed by atoms with van der Waals surface area (Å²) in [6, 6.07) is 0. The van der Waals surface area contributed by atoms with Gasteiger partial charge in [-0.25, -0.2) is 0 Å². The Bertz CT molecular complexity index is 278. The fraction of sp³-hybridized carbons (Fsp3) is 0.667. The molecule has 0 spiro atoms. The van der Waals surface area contributed by atoms with Crippen LogP contribution in [0.1, 0.15) is 27.7 Å². The van der Waals surface area contributed by atoms with Crippen molar-refractivity contribution in [1.29, 1.82) is 0 Å². The third-order valence-electron chi connectivity index (χ3n) is 1.24. The lowest BCUT2D eigenvalue weighted by Crippen LogP contribution is -1.99. The van der Waals surface area contributed by atoms with Crippen molar-refractivity contribution in [3.05, 3.63) is 11.8 Å². The van der Waals surface area contributed by atoms with Gasteiger partial charge in [-0.15, -0.1) is 0 Å². The number of carbonyl (C=O) groups is 1. The van der Waals surface area contributed by atoms with Crippen LogP contribution in [0.15, 0.2) is 11.8 Å². The van der Waals surface area contributed by atoms with Crippen LogP contribution in [-0.4, -0.2) is 19.0 Å². The van der Waals surface area contributed by atoms with Gasteiger partial charge in [-0.1, -0.05) is 0 Å². The molecule has 0 unspecified atom stereocenters. The molecule has 0 aromatic heterocycles. The molecule has 0 aliphatic carbocycles. The van der Waals surface area contributed by atoms with Gasteiger partial charge in [0, 0.05) is 17.9 Å². The molecule has 6 heteroatoms. The fourth-order valence-corrected chi connectivity index (χ4v) is 3.10. The zero-order valence-electron chi connectivity index (χ0n) is 9.48. The summed E-state index contributed by atoms with van der Waals surface area (Å²) in [6.45, 7) is 4.84. The Labute approximate surface area is 95.9 Å². The summed E-state index contributed by atoms with van der Waals surface area (Å²) in [4.78, 5) is 10.8. The highest BCUT2D eigenvalue weighted by Gasteiger charge is 2.20. The van der Waals surface area contributed by atoms with Crippen LogP contribution in [0.5, 0.6) is 0 Å². The zero-order valence-corrected chi connectivity index (χ0v) is 11.2. The molecule has 0 bridgehead atoms. The van der Waals surface area contributed by atoms with Crippen molar-refractivity contribution in [1.82, 2.24) is 0 Å². The second kappa shape index (κ2) is 7.12. The number of allylic oxidation sites excluding steroid dienone is 2. The van der Waals surface area contributed by atoms with E-state index in [0.29, 0.717) is 19.0 Å². The summed E-state index contributed by atoms with van der Waals surface area (Å²) in [5.41, 5.74) is 0. The van der Waals surface area contributed by atoms with E-state index in [4.69, 9.17) is 25.4 Å². The van der Waals surface area contributed by atoms with Crippen molar-refractivity contribution in [3.63, 3.8) is 0 Å². The van der Waals surface area contributed by atoms with Gasteiger partial charge in [-0.3, -0.25) is 13.8 Å². The SMILES string of the molecule is CCOP(=S)(OCC)OC(C)=CC(C)=O. The molecule has 88 valence electrons. The molecular formula is C9H17O4PS. The van der Waals surface area contributed by atoms with Gasteiger partial charge in [0.15, 0.2) is 5.78 Å². The predicted molar refractivity (Wildman–Crippen MR) is 63.1 cm³/mol. The van der Waals surface area contributed by atoms with Crippen LogP contribution in [0.4, 0.5) is 0 Å². The van der Waals surface area contributed by atoms with E-state index in [1.165, 1.54) is 13.0 Å². The zero-order chi connectivity index (χ0) is 11.9. The van der Waals surface area contributed by atoms with Gasteiger partial charge in [0.25, 0.3) is 0 Å². The first-order valence-electron chi connectivity index (χ1n) is 4.71. The number of ketones is 1. The van der Waals surface area contributed by atoms with Crippen molar-refractivity contribution in [2.45, 2.75) is 27.7 Å². The molecule has 0 atom stereocenters. The second-order valence-corrected chi connectivity index (χ2v) is 5.67. The molecule has 0 N–H and O–H groups in total. The average Bonchev–Trinajstić information content (AvgIpc) is 2.01. The number of hydrogen-bond donors (Lipinski definition) is 0. The molecule has 0 saturated carbocycles. The Morgan fingerprint density at radius 3 is 2.07 bits per heavy atom. The highest BCUT2D eigenvalue weighted by atomic mass is 32.5. The quantitative estimate of drug-likeness (QED) is 0.396. The minimum atomic E-state index is -2.72. The number of rotatable bonds is 7. The molecule has 0 radical (unpaired) electrons. The van der Waals surface area contributed by atoms with E-state index in [9.17, 15) is 4.79 Å². The van der Waals surface area contributed by atoms with Gasteiger partial charge in [-0.05, 0) is 27.7 Å². The minimum absolute atomic E-state index is 0.0953. The maximum absolute atomic E-state index is 10.8. The first kappa shape index (κ1) is 14.8. The lowest BCUT2D eigenvalue weighted by molar-refractivity contribution is -0.112. The van der Waals surface area contributed by atoms with Gasteiger partial charge in [0.05, 0.1) is 13.2 Å². The molecule has 0 saturated heterocycles. The van der Waals surface area contributed by atoms with Crippen molar-refractivity contribution in [2.24, 2.45) is 0 Å². The first-order chi connectivity index (χ1) is 6.93. The monoisotopic (exact) mass is 252 g/mol. The summed E-state index contributed by atoms with van der Waals surface area (Å²) >= 11 is 5.12. The number of carbonyl (C=O) groups excluding carboxylic acids is 1. The molecule has 0 aromatic carbocycles. The fourth-order valence-electron chi connectivity index (χ4n) is 0.895. The van der Waals surface area contributed by atoms with Gasteiger partial charge in [-0.2, -0.15) is 0 Å². The topological polar surface area (TPSA) is 44.8 Å². The maximum atomic E-state index is 10.8. The lowest BCUT2D eigenvalue weighted by Gasteiger charge is -2.21. The molecule has 0 aliphatic rings. The third-order valence-corrected chi connectivity index (χ3v) is 3.75. The molecular weight excluding hydrogens is 235 g/mol. The van der Waals surface area contributed by atoms with Crippen LogP contribution in [0, 0.1) is 0 Å². The van der Waals surface area contributed by atoms with Crippen LogP contribution in [0.25, 0.3) is 0 Å². The van der Waals surface area contributed by atoms with E-state index in [-0.39, 0.29) is 5.78 Å². The summed E-state index contributed by atoms with van der Waals surface area (Å²) < 4.78 is 15.9. The molecule has 0 aromatic rings. The minimum Gasteiger partial charge on any atom is -0.429 e. The van der Waals surface area contributed by atoms with E-state index < -0.39 is 6.72 Å². The van der Waals surface area contributed by atoms with Crippen LogP contribution in [0.3, 0.4) is 0 Å². The van der Waals surface area contributed by atoms with Gasteiger partial charge >= 0.3 is 6.72 Å². The van der Waals surface area contributed by atoms with E-state index >= 15 is 0 Å². The Morgan fingerprint density at radius 1 is 1.27 bits per heavy atom. The predicted octanol–water partition coefficient (Wildman–Crippen LogP) is 2.79. The van der Waals surface area contributed by atoms with Crippen molar-refractivity contribution in [3.8, 4) is 0 Å². The molecule has 0 fully saturated rings. The Kier molecular flexibility index (Phi) is 7.02. The summed E-state index contributed by atoms with van der Waals surface area (Å²) in [5, 5.41) is 0. The average molecular weight is 252 g/mol. The molecule has 15 heavy (non-hydrogen) atoms. The van der Waals surface area contributed by atoms with E-state index in [1.807, 2.05) is 13.8 Å². The highest BCUT2D eigenvalue weighted by Crippen LogP contribution is 2.51. The van der Waals surface area contributed by atoms with Crippen molar-refractivity contribution >= 4 is 24.3 Å². The lowest BCUT2D eigenvalue weighted by atomic mass is 10.4. The molecule has 0 amide bonds. The highest BCUT2D eigenvalue weighted by molar-refractivity contribution is 8.07. The Hall–Kier alpha value is -0.220. The van der Waals surface area contributed by atoms with Gasteiger partial charge in [0.2, 0.25) is 0 Å². The van der Waals surface area contributed by atoms with Crippen LogP contribution >= 0.6 is 6.72 Å². The second-order valence-electron chi connectivity index (χ2n) is 2.74. The normalized spacial score (nSPS) is 12.7. The van der Waals surface area contributed by atoms with Gasteiger partial charge < -0.3 is 4.52 Å². The number of hydrogen-bond acceptors (Lipinski definition) is 5.